The van der Waals surface area contributed by atoms with Gasteiger partial charge in [-0.1, -0.05) is 18.3 Å². The Hall–Kier alpha value is -0.240. The lowest BCUT2D eigenvalue weighted by Gasteiger charge is -1.81. The summed E-state index contributed by atoms with van der Waals surface area (Å²) < 4.78 is 0. The minimum absolute atomic E-state index is 0.963. The second-order valence-corrected chi connectivity index (χ2v) is 2.11. The molecule has 0 radical (unpaired) electrons. The summed E-state index contributed by atoms with van der Waals surface area (Å²) in [5, 5.41) is 6.51. The lowest BCUT2D eigenvalue weighted by Crippen LogP contribution is -1.56. The Bertz CT molecular complexity index is 67.9. The molecule has 0 spiro atoms. The zero-order chi connectivity index (χ0) is 4.99. The van der Waals surface area contributed by atoms with Crippen LogP contribution in [-0.4, -0.2) is 5.55 Å². The van der Waals surface area contributed by atoms with Gasteiger partial charge in [0.2, 0.25) is 0 Å². The Morgan fingerprint density at radius 3 is 2.50 bits per heavy atom. The van der Waals surface area contributed by atoms with Crippen LogP contribution in [0.4, 0.5) is 0 Å². The summed E-state index contributed by atoms with van der Waals surface area (Å²) in [6.07, 6.45) is 0. The van der Waals surface area contributed by atoms with E-state index in [0.717, 1.165) is 4.91 Å². The molecule has 0 heterocycles. The Balaban J connectivity index is 3.05. The average molecular weight is 101 g/mol. The molecule has 2 heteroatoms. The molecule has 0 aliphatic rings. The van der Waals surface area contributed by atoms with Crippen LogP contribution in [0.1, 0.15) is 6.92 Å². The molecule has 0 aromatic heterocycles. The normalized spacial score (nSPS) is 7.50. The van der Waals surface area contributed by atoms with Crippen molar-refractivity contribution in [2.24, 2.45) is 0 Å². The Labute approximate surface area is 42.0 Å². The van der Waals surface area contributed by atoms with Crippen LogP contribution < -0.4 is 0 Å². The van der Waals surface area contributed by atoms with E-state index in [1.807, 2.05) is 6.92 Å². The van der Waals surface area contributed by atoms with Crippen molar-refractivity contribution < 1.29 is 0 Å². The highest BCUT2D eigenvalue weighted by Crippen LogP contribution is 2.05. The maximum atomic E-state index is 6.51. The highest BCUT2D eigenvalue weighted by Gasteiger charge is 1.73. The largest absolute Gasteiger partial charge is 0.302 e. The van der Waals surface area contributed by atoms with Gasteiger partial charge in [0.25, 0.3) is 0 Å². The van der Waals surface area contributed by atoms with Crippen LogP contribution in [0, 0.1) is 5.41 Å². The first-order valence-corrected chi connectivity index (χ1v) is 2.46. The van der Waals surface area contributed by atoms with E-state index in [0.29, 0.717) is 0 Å². The van der Waals surface area contributed by atoms with E-state index < -0.39 is 0 Å². The van der Waals surface area contributed by atoms with Gasteiger partial charge in [0.05, 0.1) is 5.55 Å². The lowest BCUT2D eigenvalue weighted by molar-refractivity contribution is 1.60. The fourth-order valence-corrected chi connectivity index (χ4v) is 0.302. The summed E-state index contributed by atoms with van der Waals surface area (Å²) in [5.41, 5.74) is 1.27. The predicted octanol–water partition coefficient (Wildman–Crippen LogP) is 1.86. The molecular formula is C4H7NS. The molecule has 0 bridgehead atoms. The van der Waals surface area contributed by atoms with Gasteiger partial charge in [-0.05, 0) is 11.8 Å². The summed E-state index contributed by atoms with van der Waals surface area (Å²) in [6.45, 7) is 5.43. The van der Waals surface area contributed by atoms with E-state index in [2.05, 4.69) is 6.58 Å². The van der Waals surface area contributed by atoms with Crippen LogP contribution in [-0.2, 0) is 0 Å². The fourth-order valence-electron chi connectivity index (χ4n) is 0.101. The second kappa shape index (κ2) is 2.97. The number of rotatable bonds is 2. The summed E-state index contributed by atoms with van der Waals surface area (Å²) in [5.74, 6) is 0. The molecule has 0 rings (SSSR count). The highest BCUT2D eigenvalue weighted by molar-refractivity contribution is 8.15. The number of hydrogen-bond donors (Lipinski definition) is 1. The monoisotopic (exact) mass is 101 g/mol. The van der Waals surface area contributed by atoms with Gasteiger partial charge in [-0.25, -0.2) is 0 Å². The molecule has 0 atom stereocenters. The van der Waals surface area contributed by atoms with Crippen LogP contribution in [0.25, 0.3) is 0 Å². The average Bonchev–Trinajstić information content (AvgIpc) is 1.35. The van der Waals surface area contributed by atoms with Crippen LogP contribution >= 0.6 is 11.8 Å². The number of nitrogens with one attached hydrogen (secondary N) is 1. The fraction of sp³-hybridized carbons (Fsp3) is 0.250. The van der Waals surface area contributed by atoms with Gasteiger partial charge >= 0.3 is 0 Å². The van der Waals surface area contributed by atoms with Crippen molar-refractivity contribution in [2.45, 2.75) is 6.92 Å². The molecule has 0 unspecified atom stereocenters. The zero-order valence-electron chi connectivity index (χ0n) is 3.69. The third-order valence-corrected chi connectivity index (χ3v) is 0.780. The molecule has 1 N–H and O–H groups in total. The van der Waals surface area contributed by atoms with Gasteiger partial charge in [-0.2, -0.15) is 0 Å². The first-order valence-electron chi connectivity index (χ1n) is 1.58. The van der Waals surface area contributed by atoms with Gasteiger partial charge in [-0.3, -0.25) is 0 Å². The third kappa shape index (κ3) is 3.76. The van der Waals surface area contributed by atoms with E-state index in [9.17, 15) is 0 Å². The van der Waals surface area contributed by atoms with Gasteiger partial charge < -0.3 is 5.41 Å². The van der Waals surface area contributed by atoms with E-state index in [1.165, 1.54) is 17.3 Å². The highest BCUT2D eigenvalue weighted by atomic mass is 32.2. The van der Waals surface area contributed by atoms with Crippen molar-refractivity contribution in [2.75, 3.05) is 0 Å². The summed E-state index contributed by atoms with van der Waals surface area (Å²) in [7, 11) is 0. The summed E-state index contributed by atoms with van der Waals surface area (Å²) in [4.78, 5) is 0.963. The zero-order valence-corrected chi connectivity index (χ0v) is 4.51. The van der Waals surface area contributed by atoms with E-state index in [4.69, 9.17) is 5.41 Å². The molecule has 0 amide bonds. The molecule has 0 saturated carbocycles. The van der Waals surface area contributed by atoms with Gasteiger partial charge in [-0.15, -0.1) is 0 Å². The summed E-state index contributed by atoms with van der Waals surface area (Å²) in [6, 6.07) is 0. The first-order chi connectivity index (χ1) is 2.77. The second-order valence-electron chi connectivity index (χ2n) is 0.938. The standard InChI is InChI=1S/C4H7NS/c1-4(2)6-3-5/h3,5H,1H2,2H3. The van der Waals surface area contributed by atoms with Crippen molar-refractivity contribution in [3.05, 3.63) is 11.5 Å². The lowest BCUT2D eigenvalue weighted by atomic mass is 10.8. The number of hydrogen-bond acceptors (Lipinski definition) is 2. The van der Waals surface area contributed by atoms with Gasteiger partial charge in [0.1, 0.15) is 0 Å². The molecule has 0 aliphatic heterocycles. The molecule has 0 aliphatic carbocycles. The topological polar surface area (TPSA) is 23.9 Å². The molecule has 0 aromatic rings. The van der Waals surface area contributed by atoms with Gasteiger partial charge in [0, 0.05) is 0 Å². The van der Waals surface area contributed by atoms with Crippen LogP contribution in [0.15, 0.2) is 11.5 Å². The SMILES string of the molecule is C=C(C)SC=N. The molecule has 6 heavy (non-hydrogen) atoms. The van der Waals surface area contributed by atoms with E-state index >= 15 is 0 Å². The van der Waals surface area contributed by atoms with Crippen LogP contribution in [0.3, 0.4) is 0 Å². The number of allylic oxidation sites excluding steroid dienone is 1. The third-order valence-electron chi connectivity index (χ3n) is 0.260. The minimum Gasteiger partial charge on any atom is -0.302 e. The van der Waals surface area contributed by atoms with E-state index in [-0.39, 0.29) is 0 Å². The Morgan fingerprint density at radius 1 is 2.00 bits per heavy atom. The molecular weight excluding hydrogens is 94.1 g/mol. The minimum atomic E-state index is 0.963. The molecule has 1 nitrogen and oxygen atoms in total. The quantitative estimate of drug-likeness (QED) is 0.416. The Kier molecular flexibility index (Phi) is 2.85. The molecule has 0 saturated heterocycles. The van der Waals surface area contributed by atoms with Crippen molar-refractivity contribution in [3.63, 3.8) is 0 Å². The van der Waals surface area contributed by atoms with Crippen LogP contribution in [0.2, 0.25) is 0 Å². The Morgan fingerprint density at radius 2 is 2.50 bits per heavy atom. The van der Waals surface area contributed by atoms with Gasteiger partial charge in [0.15, 0.2) is 0 Å². The van der Waals surface area contributed by atoms with E-state index in [1.54, 1.807) is 0 Å². The maximum Gasteiger partial charge on any atom is 0.0551 e. The predicted molar refractivity (Wildman–Crippen MR) is 31.2 cm³/mol. The van der Waals surface area contributed by atoms with Crippen molar-refractivity contribution in [1.29, 1.82) is 5.41 Å². The first kappa shape index (κ1) is 5.76. The smallest absolute Gasteiger partial charge is 0.0551 e. The van der Waals surface area contributed by atoms with Crippen LogP contribution in [0.5, 0.6) is 0 Å². The summed E-state index contributed by atoms with van der Waals surface area (Å²) >= 11 is 1.33. The van der Waals surface area contributed by atoms with Crippen molar-refractivity contribution in [3.8, 4) is 0 Å². The molecule has 0 aromatic carbocycles. The molecule has 34 valence electrons. The number of thioether (sulfide) groups is 1. The van der Waals surface area contributed by atoms with Crippen molar-refractivity contribution >= 4 is 17.3 Å². The maximum absolute atomic E-state index is 6.51. The van der Waals surface area contributed by atoms with Crippen molar-refractivity contribution in [1.82, 2.24) is 0 Å². The molecule has 0 fully saturated rings.